The van der Waals surface area contributed by atoms with Gasteiger partial charge in [0, 0.05) is 30.1 Å². The Morgan fingerprint density at radius 2 is 2.00 bits per heavy atom. The highest BCUT2D eigenvalue weighted by molar-refractivity contribution is 7.16. The molecule has 3 N–H and O–H groups in total. The van der Waals surface area contributed by atoms with Gasteiger partial charge < -0.3 is 11.1 Å². The van der Waals surface area contributed by atoms with Crippen molar-refractivity contribution in [2.75, 3.05) is 11.9 Å². The minimum absolute atomic E-state index is 0.202. The van der Waals surface area contributed by atoms with Gasteiger partial charge in [-0.3, -0.25) is 4.68 Å². The number of thiophene rings is 1. The molecule has 0 radical (unpaired) electrons. The predicted octanol–water partition coefficient (Wildman–Crippen LogP) is 5.41. The Morgan fingerprint density at radius 3 is 2.60 bits per heavy atom. The molecule has 0 spiro atoms. The molecule has 0 saturated carbocycles. The van der Waals surface area contributed by atoms with Crippen LogP contribution in [0.15, 0.2) is 36.5 Å². The van der Waals surface area contributed by atoms with Gasteiger partial charge in [-0.1, -0.05) is 31.5 Å². The molecule has 8 heteroatoms. The average molecular weight is 437 g/mol. The van der Waals surface area contributed by atoms with Crippen LogP contribution >= 0.6 is 11.3 Å². The van der Waals surface area contributed by atoms with Gasteiger partial charge >= 0.3 is 6.18 Å². The Bertz CT molecular complexity index is 971. The van der Waals surface area contributed by atoms with Gasteiger partial charge in [-0.15, -0.1) is 11.3 Å². The Morgan fingerprint density at radius 1 is 1.27 bits per heavy atom. The topological polar surface area (TPSA) is 55.9 Å². The van der Waals surface area contributed by atoms with Crippen molar-refractivity contribution in [3.05, 3.63) is 58.1 Å². The molecular formula is C22H27F3N4S. The number of nitrogens with two attached hydrogens (primary N) is 1. The van der Waals surface area contributed by atoms with Crippen molar-refractivity contribution in [2.24, 2.45) is 12.8 Å². The fraction of sp³-hybridized carbons (Fsp3) is 0.409. The summed E-state index contributed by atoms with van der Waals surface area (Å²) in [5.74, 6) is 0. The van der Waals surface area contributed by atoms with Gasteiger partial charge in [-0.05, 0) is 43.0 Å². The Balaban J connectivity index is 1.87. The molecule has 2 heterocycles. The van der Waals surface area contributed by atoms with E-state index in [1.165, 1.54) is 17.0 Å². The van der Waals surface area contributed by atoms with Crippen molar-refractivity contribution in [3.63, 3.8) is 0 Å². The summed E-state index contributed by atoms with van der Waals surface area (Å²) in [7, 11) is 1.92. The number of nitrogens with one attached hydrogen (secondary N) is 1. The summed E-state index contributed by atoms with van der Waals surface area (Å²) in [6.45, 7) is 4.39. The summed E-state index contributed by atoms with van der Waals surface area (Å²) in [6.07, 6.45) is -0.406. The molecule has 0 amide bonds. The van der Waals surface area contributed by atoms with Gasteiger partial charge in [-0.25, -0.2) is 0 Å². The van der Waals surface area contributed by atoms with Crippen LogP contribution in [0.2, 0.25) is 0 Å². The summed E-state index contributed by atoms with van der Waals surface area (Å²) in [5, 5.41) is 8.63. The standard InChI is InChI=1S/C22H27F3N4S/c1-4-7-19-17(21-14(2)13-27-29(21)3)11-20(30-19)28-16(12-26)10-15-8-5-6-9-18(15)22(23,24)25/h5-6,8-9,11,13,16,28H,4,7,10,12,26H2,1-3H3/t16-/m0/s1. The third kappa shape index (κ3) is 4.87. The zero-order chi connectivity index (χ0) is 21.9. The normalized spacial score (nSPS) is 12.9. The molecular weight excluding hydrogens is 409 g/mol. The lowest BCUT2D eigenvalue weighted by Crippen LogP contribution is -2.31. The highest BCUT2D eigenvalue weighted by Gasteiger charge is 2.33. The molecule has 0 saturated heterocycles. The summed E-state index contributed by atoms with van der Waals surface area (Å²) >= 11 is 1.63. The fourth-order valence-electron chi connectivity index (χ4n) is 3.68. The number of anilines is 1. The molecule has 3 rings (SSSR count). The molecule has 2 aromatic heterocycles. The van der Waals surface area contributed by atoms with E-state index < -0.39 is 11.7 Å². The third-order valence-electron chi connectivity index (χ3n) is 5.08. The van der Waals surface area contributed by atoms with Crippen LogP contribution in [0.4, 0.5) is 18.2 Å². The Hall–Kier alpha value is -2.32. The number of aromatic nitrogens is 2. The second kappa shape index (κ2) is 9.22. The number of benzene rings is 1. The molecule has 0 fully saturated rings. The number of hydrogen-bond acceptors (Lipinski definition) is 4. The van der Waals surface area contributed by atoms with E-state index in [0.29, 0.717) is 0 Å². The largest absolute Gasteiger partial charge is 0.416 e. The number of hydrogen-bond donors (Lipinski definition) is 2. The van der Waals surface area contributed by atoms with Crippen LogP contribution in [0.1, 0.15) is 34.9 Å². The predicted molar refractivity (Wildman–Crippen MR) is 117 cm³/mol. The Labute approximate surface area is 178 Å². The van der Waals surface area contributed by atoms with E-state index in [1.54, 1.807) is 17.4 Å². The van der Waals surface area contributed by atoms with Crippen molar-refractivity contribution in [2.45, 2.75) is 45.3 Å². The van der Waals surface area contributed by atoms with Gasteiger partial charge in [0.25, 0.3) is 0 Å². The zero-order valence-corrected chi connectivity index (χ0v) is 18.2. The molecule has 4 nitrogen and oxygen atoms in total. The molecule has 0 aliphatic carbocycles. The van der Waals surface area contributed by atoms with Gasteiger partial charge in [0.1, 0.15) is 0 Å². The minimum atomic E-state index is -4.38. The van der Waals surface area contributed by atoms with Gasteiger partial charge in [0.2, 0.25) is 0 Å². The monoisotopic (exact) mass is 436 g/mol. The summed E-state index contributed by atoms with van der Waals surface area (Å²) in [6, 6.07) is 7.45. The Kier molecular flexibility index (Phi) is 6.88. The van der Waals surface area contributed by atoms with E-state index in [4.69, 9.17) is 5.73 Å². The average Bonchev–Trinajstić information content (AvgIpc) is 3.23. The van der Waals surface area contributed by atoms with E-state index in [1.807, 2.05) is 24.9 Å². The number of rotatable bonds is 8. The third-order valence-corrected chi connectivity index (χ3v) is 6.21. The lowest BCUT2D eigenvalue weighted by Gasteiger charge is -2.20. The molecule has 3 aromatic rings. The van der Waals surface area contributed by atoms with E-state index in [-0.39, 0.29) is 24.6 Å². The van der Waals surface area contributed by atoms with E-state index >= 15 is 0 Å². The lowest BCUT2D eigenvalue weighted by molar-refractivity contribution is -0.138. The maximum Gasteiger partial charge on any atom is 0.416 e. The first-order valence-electron chi connectivity index (χ1n) is 9.98. The molecule has 0 aliphatic rings. The second-order valence-electron chi connectivity index (χ2n) is 7.43. The van der Waals surface area contributed by atoms with Crippen LogP contribution in [-0.2, 0) is 26.1 Å². The van der Waals surface area contributed by atoms with E-state index in [2.05, 4.69) is 23.4 Å². The first kappa shape index (κ1) is 22.4. The van der Waals surface area contributed by atoms with Crippen molar-refractivity contribution in [3.8, 4) is 11.3 Å². The molecule has 0 unspecified atom stereocenters. The maximum atomic E-state index is 13.3. The lowest BCUT2D eigenvalue weighted by atomic mass is 10.00. The summed E-state index contributed by atoms with van der Waals surface area (Å²) in [4.78, 5) is 1.23. The van der Waals surface area contributed by atoms with Crippen LogP contribution in [0.3, 0.4) is 0 Å². The molecule has 0 bridgehead atoms. The number of aryl methyl sites for hydroxylation is 3. The van der Waals surface area contributed by atoms with Gasteiger partial charge in [-0.2, -0.15) is 18.3 Å². The van der Waals surface area contributed by atoms with Crippen molar-refractivity contribution >= 4 is 16.3 Å². The molecule has 0 aliphatic heterocycles. The zero-order valence-electron chi connectivity index (χ0n) is 17.4. The van der Waals surface area contributed by atoms with Gasteiger partial charge in [0.15, 0.2) is 0 Å². The SMILES string of the molecule is CCCc1sc(N[C@H](CN)Cc2ccccc2C(F)(F)F)cc1-c1c(C)cnn1C. The van der Waals surface area contributed by atoms with Crippen LogP contribution in [0.25, 0.3) is 11.3 Å². The minimum Gasteiger partial charge on any atom is -0.373 e. The number of alkyl halides is 3. The van der Waals surface area contributed by atoms with Crippen molar-refractivity contribution in [1.82, 2.24) is 9.78 Å². The summed E-state index contributed by atoms with van der Waals surface area (Å²) in [5.41, 5.74) is 8.84. The highest BCUT2D eigenvalue weighted by atomic mass is 32.1. The quantitative estimate of drug-likeness (QED) is 0.496. The van der Waals surface area contributed by atoms with Crippen molar-refractivity contribution < 1.29 is 13.2 Å². The number of nitrogens with zero attached hydrogens (tertiary/aromatic N) is 2. The molecule has 30 heavy (non-hydrogen) atoms. The molecule has 1 atom stereocenters. The fourth-order valence-corrected chi connectivity index (χ4v) is 4.92. The maximum absolute atomic E-state index is 13.3. The molecule has 1 aromatic carbocycles. The molecule has 162 valence electrons. The van der Waals surface area contributed by atoms with Crippen LogP contribution in [0.5, 0.6) is 0 Å². The first-order valence-corrected chi connectivity index (χ1v) is 10.8. The second-order valence-corrected chi connectivity index (χ2v) is 8.57. The first-order chi connectivity index (χ1) is 14.2. The van der Waals surface area contributed by atoms with Crippen molar-refractivity contribution in [1.29, 1.82) is 0 Å². The van der Waals surface area contributed by atoms with E-state index in [9.17, 15) is 13.2 Å². The number of halogens is 3. The summed E-state index contributed by atoms with van der Waals surface area (Å²) < 4.78 is 41.9. The van der Waals surface area contributed by atoms with Crippen LogP contribution in [0, 0.1) is 6.92 Å². The highest BCUT2D eigenvalue weighted by Crippen LogP contribution is 2.38. The van der Waals surface area contributed by atoms with Crippen LogP contribution in [-0.4, -0.2) is 22.4 Å². The van der Waals surface area contributed by atoms with Gasteiger partial charge in [0.05, 0.1) is 22.5 Å². The van der Waals surface area contributed by atoms with E-state index in [0.717, 1.165) is 40.7 Å². The smallest absolute Gasteiger partial charge is 0.373 e. The van der Waals surface area contributed by atoms with Crippen LogP contribution < -0.4 is 11.1 Å².